The van der Waals surface area contributed by atoms with Crippen molar-refractivity contribution in [1.82, 2.24) is 0 Å². The minimum atomic E-state index is -4.73. The van der Waals surface area contributed by atoms with Gasteiger partial charge in [0.1, 0.15) is 23.9 Å². The molecule has 0 radical (unpaired) electrons. The van der Waals surface area contributed by atoms with E-state index in [9.17, 15) is 17.6 Å². The molecule has 2 rings (SSSR count). The number of hydrogen-bond donors (Lipinski definition) is 1. The van der Waals surface area contributed by atoms with Crippen LogP contribution in [-0.4, -0.2) is 6.36 Å². The van der Waals surface area contributed by atoms with Crippen molar-refractivity contribution in [2.75, 3.05) is 5.73 Å². The van der Waals surface area contributed by atoms with Crippen LogP contribution in [0.4, 0.5) is 23.2 Å². The van der Waals surface area contributed by atoms with Crippen LogP contribution >= 0.6 is 0 Å². The molecule has 21 heavy (non-hydrogen) atoms. The maximum absolute atomic E-state index is 13.1. The molecule has 0 spiro atoms. The van der Waals surface area contributed by atoms with E-state index in [2.05, 4.69) is 4.74 Å². The molecule has 0 unspecified atom stereocenters. The monoisotopic (exact) mass is 301 g/mol. The van der Waals surface area contributed by atoms with Gasteiger partial charge in [0, 0.05) is 5.69 Å². The largest absolute Gasteiger partial charge is 0.573 e. The first-order chi connectivity index (χ1) is 9.82. The third-order valence-electron chi connectivity index (χ3n) is 2.44. The number of nitrogen functional groups attached to an aromatic ring is 1. The molecule has 0 heterocycles. The molecule has 0 aliphatic heterocycles. The average molecular weight is 301 g/mol. The fourth-order valence-electron chi connectivity index (χ4n) is 1.66. The quantitative estimate of drug-likeness (QED) is 0.688. The lowest BCUT2D eigenvalue weighted by Crippen LogP contribution is -2.16. The Morgan fingerprint density at radius 1 is 0.952 bits per heavy atom. The number of nitrogens with two attached hydrogens (primary N) is 1. The fourth-order valence-corrected chi connectivity index (χ4v) is 1.66. The Kier molecular flexibility index (Phi) is 4.21. The summed E-state index contributed by atoms with van der Waals surface area (Å²) < 4.78 is 58.1. The van der Waals surface area contributed by atoms with Gasteiger partial charge in [-0.1, -0.05) is 0 Å². The predicted molar refractivity (Wildman–Crippen MR) is 68.3 cm³/mol. The van der Waals surface area contributed by atoms with E-state index in [4.69, 9.17) is 10.5 Å². The molecule has 0 aliphatic rings. The Morgan fingerprint density at radius 2 is 1.57 bits per heavy atom. The van der Waals surface area contributed by atoms with E-state index >= 15 is 0 Å². The number of halogens is 4. The summed E-state index contributed by atoms with van der Waals surface area (Å²) >= 11 is 0. The van der Waals surface area contributed by atoms with Crippen LogP contribution in [0.3, 0.4) is 0 Å². The molecule has 3 nitrogen and oxygen atoms in total. The number of rotatable bonds is 4. The van der Waals surface area contributed by atoms with Crippen LogP contribution in [-0.2, 0) is 6.61 Å². The number of ether oxygens (including phenoxy) is 2. The molecule has 0 bridgehead atoms. The van der Waals surface area contributed by atoms with Crippen molar-refractivity contribution < 1.29 is 27.0 Å². The lowest BCUT2D eigenvalue weighted by Gasteiger charge is -2.10. The first kappa shape index (κ1) is 15.0. The van der Waals surface area contributed by atoms with Gasteiger partial charge in [0.25, 0.3) is 0 Å². The van der Waals surface area contributed by atoms with Crippen molar-refractivity contribution in [3.8, 4) is 11.5 Å². The smallest absolute Gasteiger partial charge is 0.489 e. The van der Waals surface area contributed by atoms with E-state index in [0.29, 0.717) is 11.3 Å². The topological polar surface area (TPSA) is 44.5 Å². The maximum Gasteiger partial charge on any atom is 0.573 e. The number of benzene rings is 2. The molecule has 2 aromatic carbocycles. The average Bonchev–Trinajstić information content (AvgIpc) is 2.35. The van der Waals surface area contributed by atoms with Crippen molar-refractivity contribution >= 4 is 5.69 Å². The minimum absolute atomic E-state index is 0.0431. The van der Waals surface area contributed by atoms with Gasteiger partial charge in [-0.3, -0.25) is 0 Å². The zero-order valence-corrected chi connectivity index (χ0v) is 10.7. The van der Waals surface area contributed by atoms with Gasteiger partial charge in [-0.15, -0.1) is 13.2 Å². The fraction of sp³-hybridized carbons (Fsp3) is 0.143. The Hall–Kier alpha value is -2.44. The Bertz CT molecular complexity index is 591. The lowest BCUT2D eigenvalue weighted by atomic mass is 10.2. The molecular weight excluding hydrogens is 290 g/mol. The van der Waals surface area contributed by atoms with Crippen LogP contribution < -0.4 is 15.2 Å². The highest BCUT2D eigenvalue weighted by Gasteiger charge is 2.30. The SMILES string of the molecule is Nc1cc(F)cc(COc2ccc(OC(F)(F)F)cc2)c1. The van der Waals surface area contributed by atoms with Gasteiger partial charge in [-0.05, 0) is 48.0 Å². The van der Waals surface area contributed by atoms with Crippen molar-refractivity contribution in [3.05, 3.63) is 53.8 Å². The highest BCUT2D eigenvalue weighted by molar-refractivity contribution is 5.41. The van der Waals surface area contributed by atoms with E-state index in [0.717, 1.165) is 12.1 Å². The summed E-state index contributed by atoms with van der Waals surface area (Å²) in [4.78, 5) is 0. The van der Waals surface area contributed by atoms with Crippen LogP contribution in [0.1, 0.15) is 5.56 Å². The first-order valence-electron chi connectivity index (χ1n) is 5.85. The van der Waals surface area contributed by atoms with Crippen molar-refractivity contribution in [2.45, 2.75) is 13.0 Å². The van der Waals surface area contributed by atoms with Crippen molar-refractivity contribution in [3.63, 3.8) is 0 Å². The van der Waals surface area contributed by atoms with E-state index in [1.54, 1.807) is 6.07 Å². The molecule has 2 aromatic rings. The zero-order valence-electron chi connectivity index (χ0n) is 10.7. The summed E-state index contributed by atoms with van der Waals surface area (Å²) in [7, 11) is 0. The van der Waals surface area contributed by atoms with Gasteiger partial charge < -0.3 is 15.2 Å². The van der Waals surface area contributed by atoms with Crippen LogP contribution in [0.15, 0.2) is 42.5 Å². The second-order valence-electron chi connectivity index (χ2n) is 4.20. The number of hydrogen-bond acceptors (Lipinski definition) is 3. The van der Waals surface area contributed by atoms with Crippen LogP contribution in [0, 0.1) is 5.82 Å². The number of alkyl halides is 3. The van der Waals surface area contributed by atoms with E-state index in [-0.39, 0.29) is 18.0 Å². The normalized spacial score (nSPS) is 11.2. The standard InChI is InChI=1S/C14H11F4NO2/c15-10-5-9(6-11(19)7-10)8-20-12-1-3-13(4-2-12)21-14(16,17)18/h1-7H,8,19H2. The van der Waals surface area contributed by atoms with E-state index in [1.807, 2.05) is 0 Å². The molecule has 0 atom stereocenters. The first-order valence-corrected chi connectivity index (χ1v) is 5.85. The Balaban J connectivity index is 1.97. The molecule has 112 valence electrons. The Labute approximate surface area is 117 Å². The molecule has 0 saturated heterocycles. The zero-order chi connectivity index (χ0) is 15.5. The van der Waals surface area contributed by atoms with Gasteiger partial charge >= 0.3 is 6.36 Å². The van der Waals surface area contributed by atoms with E-state index < -0.39 is 12.2 Å². The van der Waals surface area contributed by atoms with Crippen LogP contribution in [0.25, 0.3) is 0 Å². The van der Waals surface area contributed by atoms with E-state index in [1.165, 1.54) is 24.3 Å². The van der Waals surface area contributed by atoms with Crippen molar-refractivity contribution in [2.24, 2.45) is 0 Å². The summed E-state index contributed by atoms with van der Waals surface area (Å²) in [5.41, 5.74) is 6.27. The summed E-state index contributed by atoms with van der Waals surface area (Å²) in [5.74, 6) is -0.500. The summed E-state index contributed by atoms with van der Waals surface area (Å²) in [6, 6.07) is 8.88. The summed E-state index contributed by atoms with van der Waals surface area (Å²) in [6.45, 7) is 0.0431. The number of anilines is 1. The second-order valence-corrected chi connectivity index (χ2v) is 4.20. The Morgan fingerprint density at radius 3 is 2.14 bits per heavy atom. The van der Waals surface area contributed by atoms with Crippen molar-refractivity contribution in [1.29, 1.82) is 0 Å². The highest BCUT2D eigenvalue weighted by Crippen LogP contribution is 2.25. The molecule has 0 amide bonds. The highest BCUT2D eigenvalue weighted by atomic mass is 19.4. The predicted octanol–water partition coefficient (Wildman–Crippen LogP) is 3.89. The summed E-state index contributed by atoms with van der Waals surface area (Å²) in [5, 5.41) is 0. The van der Waals surface area contributed by atoms with Gasteiger partial charge in [0.2, 0.25) is 0 Å². The molecule has 0 aromatic heterocycles. The molecule has 2 N–H and O–H groups in total. The summed E-state index contributed by atoms with van der Waals surface area (Å²) in [6.07, 6.45) is -4.73. The lowest BCUT2D eigenvalue weighted by molar-refractivity contribution is -0.274. The molecule has 0 fully saturated rings. The van der Waals surface area contributed by atoms with Crippen LogP contribution in [0.2, 0.25) is 0 Å². The van der Waals surface area contributed by atoms with Gasteiger partial charge in [0.05, 0.1) is 0 Å². The third-order valence-corrected chi connectivity index (χ3v) is 2.44. The molecule has 0 aliphatic carbocycles. The minimum Gasteiger partial charge on any atom is -0.489 e. The van der Waals surface area contributed by atoms with Gasteiger partial charge in [-0.2, -0.15) is 0 Å². The van der Waals surface area contributed by atoms with Crippen LogP contribution in [0.5, 0.6) is 11.5 Å². The second kappa shape index (κ2) is 5.90. The van der Waals surface area contributed by atoms with Gasteiger partial charge in [0.15, 0.2) is 0 Å². The van der Waals surface area contributed by atoms with Gasteiger partial charge in [-0.25, -0.2) is 4.39 Å². The molecular formula is C14H11F4NO2. The maximum atomic E-state index is 13.1. The molecule has 7 heteroatoms. The third kappa shape index (κ3) is 4.87. The molecule has 0 saturated carbocycles.